The Morgan fingerprint density at radius 1 is 0.929 bits per heavy atom. The number of amides is 1. The fourth-order valence-corrected chi connectivity index (χ4v) is 4.01. The van der Waals surface area contributed by atoms with Crippen LogP contribution in [0.25, 0.3) is 0 Å². The Morgan fingerprint density at radius 2 is 1.54 bits per heavy atom. The molecule has 0 radical (unpaired) electrons. The third-order valence-corrected chi connectivity index (χ3v) is 5.64. The first-order chi connectivity index (χ1) is 13.8. The molecule has 2 aromatic heterocycles. The summed E-state index contributed by atoms with van der Waals surface area (Å²) in [5.74, 6) is 1.50. The lowest BCUT2D eigenvalue weighted by Crippen LogP contribution is -2.47. The number of anilines is 2. The van der Waals surface area contributed by atoms with E-state index < -0.39 is 0 Å². The van der Waals surface area contributed by atoms with E-state index in [1.54, 1.807) is 24.8 Å². The maximum absolute atomic E-state index is 12.9. The van der Waals surface area contributed by atoms with Crippen LogP contribution in [0.15, 0.2) is 30.9 Å². The molecule has 2 aromatic rings. The van der Waals surface area contributed by atoms with E-state index in [-0.39, 0.29) is 5.91 Å². The monoisotopic (exact) mass is 381 g/mol. The molecule has 0 saturated carbocycles. The average Bonchev–Trinajstić information content (AvgIpc) is 2.79. The summed E-state index contributed by atoms with van der Waals surface area (Å²) in [4.78, 5) is 36.8. The fraction of sp³-hybridized carbons (Fsp3) is 0.550. The summed E-state index contributed by atoms with van der Waals surface area (Å²) in [5.41, 5.74) is 0.584. The van der Waals surface area contributed by atoms with Crippen LogP contribution in [0.4, 0.5) is 11.9 Å². The second-order valence-corrected chi connectivity index (χ2v) is 7.35. The molecule has 28 heavy (non-hydrogen) atoms. The minimum atomic E-state index is 0.0594. The van der Waals surface area contributed by atoms with E-state index in [4.69, 9.17) is 0 Å². The van der Waals surface area contributed by atoms with Gasteiger partial charge in [-0.05, 0) is 31.7 Å². The van der Waals surface area contributed by atoms with Crippen LogP contribution in [-0.4, -0.2) is 69.5 Å². The number of likely N-dealkylation sites (tertiary alicyclic amines) is 1. The van der Waals surface area contributed by atoms with Gasteiger partial charge in [0.1, 0.15) is 0 Å². The number of nitrogens with zero attached hydrogens (tertiary/aromatic N) is 7. The highest BCUT2D eigenvalue weighted by molar-refractivity contribution is 5.94. The first kappa shape index (κ1) is 18.6. The predicted molar refractivity (Wildman–Crippen MR) is 107 cm³/mol. The summed E-state index contributed by atoms with van der Waals surface area (Å²) >= 11 is 0. The van der Waals surface area contributed by atoms with Crippen molar-refractivity contribution in [1.29, 1.82) is 0 Å². The molecule has 0 aliphatic carbocycles. The zero-order valence-corrected chi connectivity index (χ0v) is 16.4. The normalized spacial score (nSPS) is 20.3. The molecule has 148 valence electrons. The van der Waals surface area contributed by atoms with Gasteiger partial charge in [-0.25, -0.2) is 19.9 Å². The lowest BCUT2D eigenvalue weighted by Gasteiger charge is -2.35. The summed E-state index contributed by atoms with van der Waals surface area (Å²) in [7, 11) is 0. The second-order valence-electron chi connectivity index (χ2n) is 7.35. The van der Waals surface area contributed by atoms with Crippen LogP contribution in [0.2, 0.25) is 0 Å². The van der Waals surface area contributed by atoms with Crippen LogP contribution in [0.3, 0.4) is 0 Å². The average molecular weight is 381 g/mol. The van der Waals surface area contributed by atoms with Crippen molar-refractivity contribution in [2.75, 3.05) is 42.5 Å². The fourth-order valence-electron chi connectivity index (χ4n) is 4.01. The lowest BCUT2D eigenvalue weighted by molar-refractivity contribution is 0.0607. The van der Waals surface area contributed by atoms with Crippen molar-refractivity contribution in [2.24, 2.45) is 0 Å². The number of carbonyl (C=O) groups is 1. The van der Waals surface area contributed by atoms with Crippen LogP contribution in [0, 0.1) is 0 Å². The smallest absolute Gasteiger partial charge is 0.257 e. The summed E-state index contributed by atoms with van der Waals surface area (Å²) < 4.78 is 0. The highest BCUT2D eigenvalue weighted by Crippen LogP contribution is 2.22. The molecule has 4 rings (SSSR count). The Bertz CT molecular complexity index is 775. The van der Waals surface area contributed by atoms with Gasteiger partial charge in [-0.1, -0.05) is 6.92 Å². The quantitative estimate of drug-likeness (QED) is 0.801. The Labute approximate surface area is 165 Å². The molecule has 0 bridgehead atoms. The Balaban J connectivity index is 1.38. The van der Waals surface area contributed by atoms with Crippen molar-refractivity contribution >= 4 is 17.8 Å². The Hall–Kier alpha value is -2.77. The molecular formula is C20H27N7O. The van der Waals surface area contributed by atoms with Crippen LogP contribution in [0.1, 0.15) is 43.0 Å². The van der Waals surface area contributed by atoms with E-state index in [1.165, 1.54) is 6.42 Å². The van der Waals surface area contributed by atoms with Gasteiger partial charge in [0.2, 0.25) is 11.9 Å². The molecule has 2 fully saturated rings. The SMILES string of the molecule is CCC1CCCCN1C(=O)c1cnc(N2CCN(c3ncccn3)CC2)nc1. The molecule has 8 nitrogen and oxygen atoms in total. The Morgan fingerprint density at radius 3 is 2.14 bits per heavy atom. The van der Waals surface area contributed by atoms with Crippen molar-refractivity contribution in [1.82, 2.24) is 24.8 Å². The zero-order valence-electron chi connectivity index (χ0n) is 16.4. The van der Waals surface area contributed by atoms with Gasteiger partial charge in [-0.2, -0.15) is 0 Å². The molecule has 0 spiro atoms. The van der Waals surface area contributed by atoms with Crippen molar-refractivity contribution in [3.8, 4) is 0 Å². The number of carbonyl (C=O) groups excluding carboxylic acids is 1. The van der Waals surface area contributed by atoms with Crippen molar-refractivity contribution in [3.05, 3.63) is 36.4 Å². The van der Waals surface area contributed by atoms with Crippen LogP contribution in [0.5, 0.6) is 0 Å². The summed E-state index contributed by atoms with van der Waals surface area (Å²) in [6.45, 7) is 6.23. The number of hydrogen-bond donors (Lipinski definition) is 0. The molecule has 0 aromatic carbocycles. The topological polar surface area (TPSA) is 78.4 Å². The lowest BCUT2D eigenvalue weighted by atomic mass is 9.99. The minimum absolute atomic E-state index is 0.0594. The number of piperazine rings is 1. The van der Waals surface area contributed by atoms with Gasteiger partial charge in [0, 0.05) is 63.6 Å². The summed E-state index contributed by atoms with van der Waals surface area (Å²) in [6, 6.07) is 2.16. The molecule has 1 unspecified atom stereocenters. The van der Waals surface area contributed by atoms with Crippen LogP contribution < -0.4 is 9.80 Å². The molecule has 4 heterocycles. The number of aromatic nitrogens is 4. The third kappa shape index (κ3) is 3.90. The van der Waals surface area contributed by atoms with E-state index in [1.807, 2.05) is 11.0 Å². The highest BCUT2D eigenvalue weighted by Gasteiger charge is 2.27. The minimum Gasteiger partial charge on any atom is -0.337 e. The molecule has 0 N–H and O–H groups in total. The standard InChI is InChI=1S/C20H27N7O/c1-2-17-6-3-4-9-27(17)18(28)16-14-23-20(24-15-16)26-12-10-25(11-13-26)19-21-7-5-8-22-19/h5,7-8,14-15,17H,2-4,6,9-13H2,1H3. The maximum Gasteiger partial charge on any atom is 0.257 e. The molecule has 2 aliphatic heterocycles. The van der Waals surface area contributed by atoms with E-state index in [2.05, 4.69) is 36.7 Å². The molecular weight excluding hydrogens is 354 g/mol. The zero-order chi connectivity index (χ0) is 19.3. The van der Waals surface area contributed by atoms with Crippen molar-refractivity contribution < 1.29 is 4.79 Å². The van der Waals surface area contributed by atoms with E-state index in [0.29, 0.717) is 17.6 Å². The van der Waals surface area contributed by atoms with Gasteiger partial charge in [0.25, 0.3) is 5.91 Å². The molecule has 1 atom stereocenters. The van der Waals surface area contributed by atoms with E-state index >= 15 is 0 Å². The van der Waals surface area contributed by atoms with Gasteiger partial charge in [-0.3, -0.25) is 4.79 Å². The third-order valence-electron chi connectivity index (χ3n) is 5.64. The van der Waals surface area contributed by atoms with Gasteiger partial charge >= 0.3 is 0 Å². The van der Waals surface area contributed by atoms with E-state index in [9.17, 15) is 4.79 Å². The first-order valence-electron chi connectivity index (χ1n) is 10.2. The Kier molecular flexibility index (Phi) is 5.64. The molecule has 2 saturated heterocycles. The number of hydrogen-bond acceptors (Lipinski definition) is 7. The molecule has 2 aliphatic rings. The van der Waals surface area contributed by atoms with Gasteiger partial charge < -0.3 is 14.7 Å². The van der Waals surface area contributed by atoms with E-state index in [0.717, 1.165) is 57.9 Å². The van der Waals surface area contributed by atoms with Gasteiger partial charge in [-0.15, -0.1) is 0 Å². The van der Waals surface area contributed by atoms with Crippen molar-refractivity contribution in [2.45, 2.75) is 38.6 Å². The van der Waals surface area contributed by atoms with Crippen molar-refractivity contribution in [3.63, 3.8) is 0 Å². The summed E-state index contributed by atoms with van der Waals surface area (Å²) in [5, 5.41) is 0. The van der Waals surface area contributed by atoms with Gasteiger partial charge in [0.15, 0.2) is 0 Å². The van der Waals surface area contributed by atoms with Crippen LogP contribution in [-0.2, 0) is 0 Å². The number of rotatable bonds is 4. The van der Waals surface area contributed by atoms with Gasteiger partial charge in [0.05, 0.1) is 5.56 Å². The highest BCUT2D eigenvalue weighted by atomic mass is 16.2. The molecule has 1 amide bonds. The second kappa shape index (κ2) is 8.50. The van der Waals surface area contributed by atoms with Crippen LogP contribution >= 0.6 is 0 Å². The molecule has 8 heteroatoms. The first-order valence-corrected chi connectivity index (χ1v) is 10.2. The summed E-state index contributed by atoms with van der Waals surface area (Å²) in [6.07, 6.45) is 11.3. The maximum atomic E-state index is 12.9. The largest absolute Gasteiger partial charge is 0.337 e. The number of piperidine rings is 1. The predicted octanol–water partition coefficient (Wildman–Crippen LogP) is 2.00.